The van der Waals surface area contributed by atoms with Crippen molar-refractivity contribution < 1.29 is 62.7 Å². The number of nitrogens with one attached hydrogen (secondary N) is 1. The summed E-state index contributed by atoms with van der Waals surface area (Å²) in [5, 5.41) is 38.9. The molecular formula is C54H60N4O14. The van der Waals surface area contributed by atoms with E-state index in [1.165, 1.54) is 39.5 Å². The maximum absolute atomic E-state index is 15.2. The quantitative estimate of drug-likeness (QED) is 0.0220. The Balaban J connectivity index is 1.28. The van der Waals surface area contributed by atoms with Crippen molar-refractivity contribution in [2.24, 2.45) is 22.9 Å². The topological polar surface area (TPSA) is 219 Å². The van der Waals surface area contributed by atoms with E-state index in [1.807, 2.05) is 18.2 Å². The van der Waals surface area contributed by atoms with E-state index in [-0.39, 0.29) is 62.9 Å². The molecule has 2 aliphatic heterocycles. The zero-order valence-electron chi connectivity index (χ0n) is 40.5. The fraction of sp³-hybridized carbons (Fsp3) is 0.389. The molecule has 4 aromatic carbocycles. The number of rotatable bonds is 22. The lowest BCUT2D eigenvalue weighted by Crippen LogP contribution is -2.70. The molecule has 1 fully saturated rings. The number of anilines is 1. The maximum atomic E-state index is 15.2. The maximum Gasteiger partial charge on any atom is 0.417 e. The Bertz CT molecular complexity index is 2710. The highest BCUT2D eigenvalue weighted by Gasteiger charge is 2.65. The monoisotopic (exact) mass is 988 g/mol. The Morgan fingerprint density at radius 2 is 1.67 bits per heavy atom. The number of unbranched alkanes of at least 4 members (excludes halogenated alkanes) is 2. The summed E-state index contributed by atoms with van der Waals surface area (Å²) in [5.74, 6) is -0.612. The lowest BCUT2D eigenvalue weighted by molar-refractivity contribution is -0.384. The van der Waals surface area contributed by atoms with E-state index in [1.54, 1.807) is 65.6 Å². The number of oxime groups is 1. The molecule has 2 heterocycles. The molecule has 2 amide bonds. The van der Waals surface area contributed by atoms with Gasteiger partial charge in [-0.25, -0.2) is 4.79 Å². The number of carbonyl (C=O) groups is 2. The fourth-order valence-corrected chi connectivity index (χ4v) is 10.5. The first-order valence-electron chi connectivity index (χ1n) is 24.0. The summed E-state index contributed by atoms with van der Waals surface area (Å²) in [6.45, 7) is 4.18. The van der Waals surface area contributed by atoms with Crippen LogP contribution in [0.1, 0.15) is 67.6 Å². The predicted molar refractivity (Wildman–Crippen MR) is 266 cm³/mol. The SMILES string of the molecule is C=CCOC12Oc3ccc(OC(=O)Nc4ccc(OC)cc4OC)cc3C3C(CCCCO)C(CCCCO)C=C(C(=NOC)CC1N(Cc1ccc4c(c1)OCO4)C(=O)C=Cc1ccc([N+](=O)[O-])cc1)C32. The molecule has 8 rings (SSSR count). The number of ether oxygens (including phenoxy) is 7. The number of carbonyl (C=O) groups excluding carboxylic acids is 2. The van der Waals surface area contributed by atoms with E-state index in [0.29, 0.717) is 71.4 Å². The molecule has 0 bridgehead atoms. The van der Waals surface area contributed by atoms with Crippen LogP contribution in [0.3, 0.4) is 0 Å². The molecule has 3 N–H and O–H groups in total. The van der Waals surface area contributed by atoms with Crippen molar-refractivity contribution in [1.29, 1.82) is 0 Å². The molecule has 0 saturated heterocycles. The number of hydrogen-bond donors (Lipinski definition) is 3. The van der Waals surface area contributed by atoms with Gasteiger partial charge in [-0.1, -0.05) is 36.2 Å². The first-order valence-corrected chi connectivity index (χ1v) is 24.0. The van der Waals surface area contributed by atoms with E-state index in [2.05, 4.69) is 23.1 Å². The van der Waals surface area contributed by atoms with Crippen molar-refractivity contribution >= 4 is 35.2 Å². The average molecular weight is 989 g/mol. The normalized spacial score (nSPS) is 21.9. The van der Waals surface area contributed by atoms with E-state index in [0.717, 1.165) is 29.5 Å². The van der Waals surface area contributed by atoms with Crippen LogP contribution >= 0.6 is 0 Å². The summed E-state index contributed by atoms with van der Waals surface area (Å²) in [5.41, 5.74) is 3.69. The second-order valence-corrected chi connectivity index (χ2v) is 17.9. The molecule has 72 heavy (non-hydrogen) atoms. The molecule has 4 aromatic rings. The number of hydrogen-bond acceptors (Lipinski definition) is 15. The predicted octanol–water partition coefficient (Wildman–Crippen LogP) is 8.96. The number of amides is 2. The molecule has 380 valence electrons. The highest BCUT2D eigenvalue weighted by atomic mass is 16.7. The molecule has 0 aromatic heterocycles. The average Bonchev–Trinajstić information content (AvgIpc) is 3.86. The number of fused-ring (bicyclic) bond motifs is 3. The summed E-state index contributed by atoms with van der Waals surface area (Å²) < 4.78 is 42.7. The van der Waals surface area contributed by atoms with E-state index in [4.69, 9.17) is 38.0 Å². The van der Waals surface area contributed by atoms with Gasteiger partial charge >= 0.3 is 6.09 Å². The Labute approximate surface area is 417 Å². The van der Waals surface area contributed by atoms with Gasteiger partial charge in [-0.2, -0.15) is 0 Å². The standard InChI is InChI=1S/C54H60N4O14/c1-5-26-70-54-49(57(32-35-14-21-46-48(27-35)69-33-68-46)50(61)23-15-34-12-16-37(17-13-34)58(63)64)31-44(56-67-4)41-28-36(10-6-8-24-59)40(11-7-9-25-60)51(52(41)54)42-29-39(19-22-45(42)72-54)71-53(62)55-43-20-18-38(65-2)30-47(43)66-3/h5,12-23,27-30,36,40,49,51-52,59-60H,1,6-11,24-26,31-33H2,2-4H3,(H,55,62). The number of aliphatic hydroxyl groups is 2. The highest BCUT2D eigenvalue weighted by Crippen LogP contribution is 2.62. The van der Waals surface area contributed by atoms with Gasteiger partial charge in [0.1, 0.15) is 36.1 Å². The van der Waals surface area contributed by atoms with Crippen molar-refractivity contribution in [3.05, 3.63) is 136 Å². The van der Waals surface area contributed by atoms with Crippen molar-refractivity contribution in [2.75, 3.05) is 53.3 Å². The molecule has 0 spiro atoms. The number of allylic oxidation sites excluding steroid dienone is 1. The van der Waals surface area contributed by atoms with Gasteiger partial charge in [0.05, 0.1) is 43.1 Å². The molecule has 6 atom stereocenters. The minimum Gasteiger partial charge on any atom is -0.497 e. The third-order valence-corrected chi connectivity index (χ3v) is 13.7. The van der Waals surface area contributed by atoms with Gasteiger partial charge < -0.3 is 53.1 Å². The zero-order valence-corrected chi connectivity index (χ0v) is 40.5. The third-order valence-electron chi connectivity index (χ3n) is 13.7. The summed E-state index contributed by atoms with van der Waals surface area (Å²) >= 11 is 0. The van der Waals surface area contributed by atoms with E-state index >= 15 is 4.79 Å². The van der Waals surface area contributed by atoms with Crippen LogP contribution < -0.4 is 33.7 Å². The Morgan fingerprint density at radius 3 is 2.39 bits per heavy atom. The first-order chi connectivity index (χ1) is 35.0. The van der Waals surface area contributed by atoms with E-state index in [9.17, 15) is 25.1 Å². The molecule has 6 unspecified atom stereocenters. The highest BCUT2D eigenvalue weighted by molar-refractivity contribution is 6.03. The van der Waals surface area contributed by atoms with Gasteiger partial charge in [0, 0.05) is 61.9 Å². The summed E-state index contributed by atoms with van der Waals surface area (Å²) in [4.78, 5) is 47.2. The van der Waals surface area contributed by atoms with Gasteiger partial charge in [-0.15, -0.1) is 6.58 Å². The van der Waals surface area contributed by atoms with Crippen LogP contribution in [-0.2, 0) is 20.9 Å². The number of aliphatic hydroxyl groups excluding tert-OH is 2. The van der Waals surface area contributed by atoms with Gasteiger partial charge in [0.25, 0.3) is 5.69 Å². The Morgan fingerprint density at radius 1 is 0.917 bits per heavy atom. The van der Waals surface area contributed by atoms with Crippen LogP contribution in [-0.4, -0.2) is 97.5 Å². The second kappa shape index (κ2) is 23.2. The minimum absolute atomic E-state index is 0.00624. The smallest absolute Gasteiger partial charge is 0.417 e. The molecule has 2 aliphatic carbocycles. The Hall–Kier alpha value is -7.41. The van der Waals surface area contributed by atoms with Crippen LogP contribution in [0.4, 0.5) is 16.2 Å². The van der Waals surface area contributed by atoms with E-state index < -0.39 is 40.6 Å². The molecule has 18 nitrogen and oxygen atoms in total. The van der Waals surface area contributed by atoms with Crippen molar-refractivity contribution in [3.8, 4) is 34.5 Å². The van der Waals surface area contributed by atoms with Crippen LogP contribution in [0.5, 0.6) is 34.5 Å². The van der Waals surface area contributed by atoms with Crippen LogP contribution in [0, 0.1) is 27.9 Å². The third kappa shape index (κ3) is 10.9. The molecule has 0 radical (unpaired) electrons. The van der Waals surface area contributed by atoms with Crippen LogP contribution in [0.15, 0.2) is 114 Å². The van der Waals surface area contributed by atoms with Gasteiger partial charge in [0.2, 0.25) is 18.5 Å². The number of nitro benzene ring substituents is 1. The summed E-state index contributed by atoms with van der Waals surface area (Å²) in [6, 6.07) is 20.7. The zero-order chi connectivity index (χ0) is 50.8. The van der Waals surface area contributed by atoms with Crippen molar-refractivity contribution in [2.45, 2.75) is 69.2 Å². The molecular weight excluding hydrogens is 929 g/mol. The van der Waals surface area contributed by atoms with Gasteiger partial charge in [0.15, 0.2) is 11.5 Å². The second-order valence-electron chi connectivity index (χ2n) is 17.9. The Kier molecular flexibility index (Phi) is 16.4. The minimum atomic E-state index is -1.62. The number of non-ortho nitro benzene ring substituents is 1. The fourth-order valence-electron chi connectivity index (χ4n) is 10.5. The largest absolute Gasteiger partial charge is 0.497 e. The van der Waals surface area contributed by atoms with Gasteiger partial charge in [-0.05, 0) is 115 Å². The first kappa shape index (κ1) is 51.0. The number of methoxy groups -OCH3 is 2. The number of nitrogens with zero attached hydrogens (tertiary/aromatic N) is 3. The van der Waals surface area contributed by atoms with Crippen LogP contribution in [0.2, 0.25) is 0 Å². The number of nitro groups is 1. The summed E-state index contributed by atoms with van der Waals surface area (Å²) in [6.07, 6.45) is 10.2. The van der Waals surface area contributed by atoms with Crippen LogP contribution in [0.25, 0.3) is 6.08 Å². The number of benzene rings is 4. The van der Waals surface area contributed by atoms with Crippen molar-refractivity contribution in [1.82, 2.24) is 4.90 Å². The molecule has 18 heteroatoms. The van der Waals surface area contributed by atoms with Crippen molar-refractivity contribution in [3.63, 3.8) is 0 Å². The summed E-state index contributed by atoms with van der Waals surface area (Å²) in [7, 11) is 4.49. The lowest BCUT2D eigenvalue weighted by Gasteiger charge is -2.60. The molecule has 4 aliphatic rings. The molecule has 1 saturated carbocycles. The van der Waals surface area contributed by atoms with Gasteiger partial charge in [-0.3, -0.25) is 20.2 Å². The lowest BCUT2D eigenvalue weighted by atomic mass is 9.55.